The van der Waals surface area contributed by atoms with Crippen LogP contribution in [0, 0.1) is 0 Å². The van der Waals surface area contributed by atoms with Gasteiger partial charge in [-0.05, 0) is 130 Å². The van der Waals surface area contributed by atoms with Crippen molar-refractivity contribution in [2.24, 2.45) is 0 Å². The van der Waals surface area contributed by atoms with Gasteiger partial charge in [-0.2, -0.15) is 0 Å². The predicted molar refractivity (Wildman–Crippen MR) is 307 cm³/mol. The first kappa shape index (κ1) is 48.7. The zero-order valence-electron chi connectivity index (χ0n) is 42.2. The van der Waals surface area contributed by atoms with Gasteiger partial charge in [-0.1, -0.05) is 216 Å². The summed E-state index contributed by atoms with van der Waals surface area (Å²) in [5, 5.41) is 12.5. The van der Waals surface area contributed by atoms with Crippen LogP contribution in [-0.2, 0) is 6.42 Å². The second-order valence-corrected chi connectivity index (χ2v) is 17.5. The Labute approximate surface area is 425 Å². The molecule has 1 atom stereocenters. The molecule has 2 aromatic heterocycles. The van der Waals surface area contributed by atoms with Crippen molar-refractivity contribution in [3.05, 3.63) is 262 Å². The van der Waals surface area contributed by atoms with Crippen molar-refractivity contribution >= 4 is 40.8 Å². The lowest BCUT2D eigenvalue weighted by Crippen LogP contribution is -2.22. The number of fused-ring (bicyclic) bond motifs is 4. The molecule has 0 fully saturated rings. The maximum Gasteiger partial charge on any atom is 0.248 e. The molecule has 6 aromatic carbocycles. The fourth-order valence-electron chi connectivity index (χ4n) is 9.95. The summed E-state index contributed by atoms with van der Waals surface area (Å²) in [5.74, 6) is 1.24. The van der Waals surface area contributed by atoms with Gasteiger partial charge >= 0.3 is 0 Å². The lowest BCUT2D eigenvalue weighted by Gasteiger charge is -2.23. The Morgan fingerprint density at radius 1 is 0.639 bits per heavy atom. The van der Waals surface area contributed by atoms with E-state index in [1.807, 2.05) is 58.0 Å². The van der Waals surface area contributed by atoms with E-state index in [1.54, 1.807) is 0 Å². The van der Waals surface area contributed by atoms with Gasteiger partial charge in [-0.3, -0.25) is 0 Å². The Morgan fingerprint density at radius 3 is 2.14 bits per heavy atom. The van der Waals surface area contributed by atoms with Crippen molar-refractivity contribution in [1.82, 2.24) is 14.8 Å². The van der Waals surface area contributed by atoms with E-state index in [0.29, 0.717) is 11.8 Å². The third-order valence-corrected chi connectivity index (χ3v) is 13.3. The van der Waals surface area contributed by atoms with Crippen molar-refractivity contribution < 1.29 is 4.42 Å². The molecule has 4 heteroatoms. The number of hydrogen-bond donors (Lipinski definition) is 0. The summed E-state index contributed by atoms with van der Waals surface area (Å²) >= 11 is 0. The number of hydrogen-bond acceptors (Lipinski definition) is 3. The highest BCUT2D eigenvalue weighted by molar-refractivity contribution is 5.95. The topological polar surface area (TPSA) is 43.9 Å². The standard InChI is InChI=1S/C64H51N3O.2C2H6/c1-2-17-46(49-33-31-47-19-12-13-20-48(47)32-34-49)23-16-18-45-30-43-62-60(44-45)59-28-10-5-11-29-61(59)67(62)54-41-39-51(40-42-54)55-24-8-4-9-26-57(55)58-27-15-14-25-56(58)50-35-37-53(38-36-50)64-66-65-63(68-64)52-21-6-3-7-22-52;2*1-2/h2-8,10-25,27-28,30-33,35-44,57H,9,26,29,34H2,1H3;2*1-2H3/b17-2-,18-16+,46-23+;;. The van der Waals surface area contributed by atoms with Crippen molar-refractivity contribution in [2.45, 2.75) is 66.2 Å². The van der Waals surface area contributed by atoms with Crippen LogP contribution in [0.3, 0.4) is 0 Å². The minimum absolute atomic E-state index is 0.211. The van der Waals surface area contributed by atoms with Gasteiger partial charge in [-0.25, -0.2) is 0 Å². The minimum Gasteiger partial charge on any atom is -0.416 e. The molecule has 0 spiro atoms. The maximum atomic E-state index is 6.09. The lowest BCUT2D eigenvalue weighted by atomic mass is 9.80. The first-order chi connectivity index (χ1) is 35.7. The zero-order valence-corrected chi connectivity index (χ0v) is 42.2. The van der Waals surface area contributed by atoms with Crippen LogP contribution in [0.1, 0.15) is 87.7 Å². The second-order valence-electron chi connectivity index (χ2n) is 17.5. The molecule has 3 aliphatic rings. The van der Waals surface area contributed by atoms with Gasteiger partial charge in [0, 0.05) is 45.8 Å². The normalized spacial score (nSPS) is 15.1. The molecule has 0 bridgehead atoms. The summed E-state index contributed by atoms with van der Waals surface area (Å²) in [5.41, 5.74) is 16.7. The summed E-state index contributed by atoms with van der Waals surface area (Å²) in [7, 11) is 0. The van der Waals surface area contributed by atoms with Crippen molar-refractivity contribution in [2.75, 3.05) is 0 Å². The molecule has 0 amide bonds. The lowest BCUT2D eigenvalue weighted by molar-refractivity contribution is 0.584. The summed E-state index contributed by atoms with van der Waals surface area (Å²) in [6.07, 6.45) is 37.4. The fourth-order valence-corrected chi connectivity index (χ4v) is 9.95. The Hall–Kier alpha value is -8.34. The van der Waals surface area contributed by atoms with E-state index in [1.165, 1.54) is 71.6 Å². The summed E-state index contributed by atoms with van der Waals surface area (Å²) in [6.45, 7) is 10.1. The van der Waals surface area contributed by atoms with Gasteiger partial charge in [0.05, 0.1) is 5.52 Å². The quantitative estimate of drug-likeness (QED) is 0.128. The first-order valence-electron chi connectivity index (χ1n) is 25.7. The highest BCUT2D eigenvalue weighted by Crippen LogP contribution is 2.43. The first-order valence-corrected chi connectivity index (χ1v) is 25.7. The van der Waals surface area contributed by atoms with Crippen LogP contribution in [0.15, 0.2) is 228 Å². The van der Waals surface area contributed by atoms with Crippen LogP contribution < -0.4 is 10.4 Å². The van der Waals surface area contributed by atoms with E-state index in [9.17, 15) is 0 Å². The zero-order chi connectivity index (χ0) is 49.7. The second kappa shape index (κ2) is 23.5. The molecular formula is C68H63N3O. The van der Waals surface area contributed by atoms with Gasteiger partial charge < -0.3 is 8.98 Å². The van der Waals surface area contributed by atoms with E-state index >= 15 is 0 Å². The number of aromatic nitrogens is 3. The van der Waals surface area contributed by atoms with Gasteiger partial charge in [-0.15, -0.1) is 10.2 Å². The molecule has 3 aliphatic carbocycles. The molecule has 4 nitrogen and oxygen atoms in total. The molecular weight excluding hydrogens is 875 g/mol. The molecule has 72 heavy (non-hydrogen) atoms. The van der Waals surface area contributed by atoms with E-state index in [-0.39, 0.29) is 5.92 Å². The average Bonchev–Trinajstić information content (AvgIpc) is 3.72. The van der Waals surface area contributed by atoms with E-state index in [0.717, 1.165) is 48.1 Å². The summed E-state index contributed by atoms with van der Waals surface area (Å²) < 4.78 is 8.55. The van der Waals surface area contributed by atoms with Crippen molar-refractivity contribution in [3.63, 3.8) is 0 Å². The molecule has 0 N–H and O–H groups in total. The molecule has 8 aromatic rings. The Morgan fingerprint density at radius 2 is 1.35 bits per heavy atom. The van der Waals surface area contributed by atoms with E-state index < -0.39 is 0 Å². The SMILES string of the molecule is CC.CC.C\C=C/C(=C\C=C\c1ccc2c(c1)c1c(n2-c2ccc(C3=CC=CCCC3c3ccccc3-c3ccc(-c4nnc(-c5ccccc5)o4)cc3)cc2)CC=CC=C1)C1=CC=c2ccccc2=CC1. The third kappa shape index (κ3) is 10.5. The predicted octanol–water partition coefficient (Wildman–Crippen LogP) is 16.8. The van der Waals surface area contributed by atoms with Crippen LogP contribution in [0.4, 0.5) is 0 Å². The van der Waals surface area contributed by atoms with Gasteiger partial charge in [0.1, 0.15) is 0 Å². The fraction of sp³-hybridized carbons (Fsp3) is 0.147. The number of allylic oxidation sites excluding steroid dienone is 14. The molecule has 356 valence electrons. The van der Waals surface area contributed by atoms with Crippen molar-refractivity contribution in [3.8, 4) is 39.7 Å². The third-order valence-electron chi connectivity index (χ3n) is 13.3. The molecule has 1 unspecified atom stereocenters. The van der Waals surface area contributed by atoms with Crippen molar-refractivity contribution in [1.29, 1.82) is 0 Å². The Bertz CT molecular complexity index is 3550. The molecule has 0 saturated carbocycles. The highest BCUT2D eigenvalue weighted by atomic mass is 16.4. The van der Waals surface area contributed by atoms with Crippen LogP contribution >= 0.6 is 0 Å². The number of benzene rings is 6. The largest absolute Gasteiger partial charge is 0.416 e. The average molecular weight is 938 g/mol. The maximum absolute atomic E-state index is 6.09. The minimum atomic E-state index is 0.211. The number of rotatable bonds is 10. The molecule has 11 rings (SSSR count). The van der Waals surface area contributed by atoms with E-state index in [4.69, 9.17) is 4.42 Å². The monoisotopic (exact) mass is 937 g/mol. The molecule has 0 aliphatic heterocycles. The summed E-state index contributed by atoms with van der Waals surface area (Å²) in [4.78, 5) is 0. The smallest absolute Gasteiger partial charge is 0.248 e. The Balaban J connectivity index is 0.00000156. The van der Waals surface area contributed by atoms with Crippen LogP contribution in [-0.4, -0.2) is 14.8 Å². The van der Waals surface area contributed by atoms with Gasteiger partial charge in [0.15, 0.2) is 0 Å². The van der Waals surface area contributed by atoms with E-state index in [2.05, 4.69) is 228 Å². The molecule has 0 saturated heterocycles. The van der Waals surface area contributed by atoms with Crippen LogP contribution in [0.25, 0.3) is 80.5 Å². The number of nitrogens with zero attached hydrogens (tertiary/aromatic N) is 3. The Kier molecular flexibility index (Phi) is 15.9. The van der Waals surface area contributed by atoms with Gasteiger partial charge in [0.25, 0.3) is 0 Å². The molecule has 0 radical (unpaired) electrons. The van der Waals surface area contributed by atoms with Crippen LogP contribution in [0.5, 0.6) is 0 Å². The molecule has 2 heterocycles. The van der Waals surface area contributed by atoms with Crippen LogP contribution in [0.2, 0.25) is 0 Å². The summed E-state index contributed by atoms with van der Waals surface area (Å²) in [6, 6.07) is 52.0. The van der Waals surface area contributed by atoms with Gasteiger partial charge in [0.2, 0.25) is 11.8 Å². The highest BCUT2D eigenvalue weighted by Gasteiger charge is 2.23.